The lowest BCUT2D eigenvalue weighted by Crippen LogP contribution is -2.36. The minimum Gasteiger partial charge on any atom is -0.354 e. The number of halogens is 1. The number of amides is 2. The van der Waals surface area contributed by atoms with Gasteiger partial charge in [0.05, 0.1) is 11.3 Å². The van der Waals surface area contributed by atoms with Gasteiger partial charge in [-0.05, 0) is 6.92 Å². The number of aryl methyl sites for hydroxylation is 2. The number of hydrogen-bond donors (Lipinski definition) is 2. The van der Waals surface area contributed by atoms with Gasteiger partial charge in [0.2, 0.25) is 5.91 Å². The van der Waals surface area contributed by atoms with E-state index in [-0.39, 0.29) is 17.7 Å². The van der Waals surface area contributed by atoms with Crippen LogP contribution in [0.25, 0.3) is 0 Å². The first-order chi connectivity index (χ1) is 8.84. The molecule has 0 saturated heterocycles. The second kappa shape index (κ2) is 6.56. The molecule has 0 aliphatic carbocycles. The molecule has 7 heteroatoms. The fraction of sp³-hybridized carbons (Fsp3) is 0.583. The van der Waals surface area contributed by atoms with Crippen molar-refractivity contribution in [2.24, 2.45) is 13.0 Å². The standard InChI is InChI=1S/C12H19ClN4O2/c1-7(2)11(18)14-5-6-15-12(19)9-8(3)16-17(4)10(9)13/h7H,5-6H2,1-4H3,(H,14,18)(H,15,19). The van der Waals surface area contributed by atoms with Crippen LogP contribution in [-0.2, 0) is 11.8 Å². The summed E-state index contributed by atoms with van der Waals surface area (Å²) < 4.78 is 1.45. The summed E-state index contributed by atoms with van der Waals surface area (Å²) in [5.74, 6) is -0.384. The number of carbonyl (C=O) groups is 2. The van der Waals surface area contributed by atoms with Crippen LogP contribution in [0.4, 0.5) is 0 Å². The van der Waals surface area contributed by atoms with E-state index < -0.39 is 0 Å². The average molecular weight is 287 g/mol. The molecule has 0 atom stereocenters. The largest absolute Gasteiger partial charge is 0.354 e. The number of hydrogen-bond acceptors (Lipinski definition) is 3. The summed E-state index contributed by atoms with van der Waals surface area (Å²) in [6, 6.07) is 0. The Hall–Kier alpha value is -1.56. The zero-order valence-corrected chi connectivity index (χ0v) is 12.3. The maximum absolute atomic E-state index is 11.9. The highest BCUT2D eigenvalue weighted by molar-refractivity contribution is 6.33. The second-order valence-corrected chi connectivity index (χ2v) is 4.93. The van der Waals surface area contributed by atoms with Crippen molar-refractivity contribution in [2.45, 2.75) is 20.8 Å². The molecule has 1 aromatic heterocycles. The summed E-state index contributed by atoms with van der Waals surface area (Å²) >= 11 is 5.98. The smallest absolute Gasteiger partial charge is 0.256 e. The number of nitrogens with zero attached hydrogens (tertiary/aromatic N) is 2. The summed E-state index contributed by atoms with van der Waals surface area (Å²) in [6.45, 7) is 6.09. The van der Waals surface area contributed by atoms with Gasteiger partial charge < -0.3 is 10.6 Å². The van der Waals surface area contributed by atoms with Gasteiger partial charge in [0.15, 0.2) is 0 Å². The first-order valence-corrected chi connectivity index (χ1v) is 6.47. The van der Waals surface area contributed by atoms with Gasteiger partial charge in [-0.25, -0.2) is 0 Å². The van der Waals surface area contributed by atoms with Crippen molar-refractivity contribution in [1.82, 2.24) is 20.4 Å². The van der Waals surface area contributed by atoms with Crippen molar-refractivity contribution < 1.29 is 9.59 Å². The Labute approximate surface area is 117 Å². The normalized spacial score (nSPS) is 10.6. The van der Waals surface area contributed by atoms with Crippen LogP contribution in [0.2, 0.25) is 5.15 Å². The van der Waals surface area contributed by atoms with Crippen LogP contribution in [0.15, 0.2) is 0 Å². The lowest BCUT2D eigenvalue weighted by molar-refractivity contribution is -0.123. The van der Waals surface area contributed by atoms with Gasteiger partial charge >= 0.3 is 0 Å². The maximum atomic E-state index is 11.9. The second-order valence-electron chi connectivity index (χ2n) is 4.58. The van der Waals surface area contributed by atoms with Gasteiger partial charge in [-0.3, -0.25) is 14.3 Å². The summed E-state index contributed by atoms with van der Waals surface area (Å²) in [4.78, 5) is 23.2. The molecule has 1 rings (SSSR count). The number of nitrogens with one attached hydrogen (secondary N) is 2. The molecule has 0 aliphatic heterocycles. The van der Waals surface area contributed by atoms with Gasteiger partial charge in [0.1, 0.15) is 5.15 Å². The van der Waals surface area contributed by atoms with Crippen molar-refractivity contribution >= 4 is 23.4 Å². The molecule has 0 aromatic carbocycles. The first kappa shape index (κ1) is 15.5. The van der Waals surface area contributed by atoms with E-state index in [0.29, 0.717) is 29.5 Å². The van der Waals surface area contributed by atoms with E-state index in [1.54, 1.807) is 14.0 Å². The van der Waals surface area contributed by atoms with Crippen LogP contribution >= 0.6 is 11.6 Å². The molecule has 2 N–H and O–H groups in total. The van der Waals surface area contributed by atoms with Crippen LogP contribution in [0.5, 0.6) is 0 Å². The van der Waals surface area contributed by atoms with Gasteiger partial charge in [0.25, 0.3) is 5.91 Å². The molecule has 0 fully saturated rings. The monoisotopic (exact) mass is 286 g/mol. The Kier molecular flexibility index (Phi) is 5.35. The van der Waals surface area contributed by atoms with Crippen LogP contribution in [0.1, 0.15) is 29.9 Å². The lowest BCUT2D eigenvalue weighted by atomic mass is 10.2. The van der Waals surface area contributed by atoms with E-state index in [2.05, 4.69) is 15.7 Å². The van der Waals surface area contributed by atoms with Crippen LogP contribution in [0.3, 0.4) is 0 Å². The molecular formula is C12H19ClN4O2. The molecule has 0 saturated carbocycles. The Morgan fingerprint density at radius 1 is 1.32 bits per heavy atom. The topological polar surface area (TPSA) is 76.0 Å². The molecule has 0 spiro atoms. The van der Waals surface area contributed by atoms with Crippen LogP contribution in [0, 0.1) is 12.8 Å². The Bertz CT molecular complexity index is 482. The molecule has 0 radical (unpaired) electrons. The average Bonchev–Trinajstić information content (AvgIpc) is 2.58. The third-order valence-electron chi connectivity index (χ3n) is 2.61. The van der Waals surface area contributed by atoms with Gasteiger partial charge in [-0.1, -0.05) is 25.4 Å². The van der Waals surface area contributed by atoms with E-state index in [4.69, 9.17) is 11.6 Å². The van der Waals surface area contributed by atoms with E-state index in [1.807, 2.05) is 13.8 Å². The third-order valence-corrected chi connectivity index (χ3v) is 3.05. The minimum atomic E-state index is -0.283. The zero-order valence-electron chi connectivity index (χ0n) is 11.6. The Morgan fingerprint density at radius 2 is 1.89 bits per heavy atom. The fourth-order valence-electron chi connectivity index (χ4n) is 1.54. The quantitative estimate of drug-likeness (QED) is 0.789. The van der Waals surface area contributed by atoms with Crippen molar-refractivity contribution in [3.05, 3.63) is 16.4 Å². The molecular weight excluding hydrogens is 268 g/mol. The van der Waals surface area contributed by atoms with Gasteiger partial charge in [-0.2, -0.15) is 5.10 Å². The summed E-state index contributed by atoms with van der Waals surface area (Å²) in [5, 5.41) is 9.78. The maximum Gasteiger partial charge on any atom is 0.256 e. The number of aromatic nitrogens is 2. The van der Waals surface area contributed by atoms with Gasteiger partial charge in [-0.15, -0.1) is 0 Å². The van der Waals surface area contributed by atoms with Crippen molar-refractivity contribution in [1.29, 1.82) is 0 Å². The molecule has 2 amide bonds. The van der Waals surface area contributed by atoms with E-state index in [1.165, 1.54) is 4.68 Å². The molecule has 6 nitrogen and oxygen atoms in total. The Balaban J connectivity index is 2.46. The highest BCUT2D eigenvalue weighted by atomic mass is 35.5. The molecule has 1 aromatic rings. The third kappa shape index (κ3) is 3.96. The highest BCUT2D eigenvalue weighted by Gasteiger charge is 2.18. The van der Waals surface area contributed by atoms with Crippen LogP contribution in [-0.4, -0.2) is 34.7 Å². The molecule has 0 bridgehead atoms. The van der Waals surface area contributed by atoms with Crippen molar-refractivity contribution in [3.63, 3.8) is 0 Å². The number of rotatable bonds is 5. The lowest BCUT2D eigenvalue weighted by Gasteiger charge is -2.08. The molecule has 0 unspecified atom stereocenters. The zero-order chi connectivity index (χ0) is 14.6. The SMILES string of the molecule is Cc1nn(C)c(Cl)c1C(=O)NCCNC(=O)C(C)C. The number of carbonyl (C=O) groups excluding carboxylic acids is 2. The summed E-state index contributed by atoms with van der Waals surface area (Å²) in [5.41, 5.74) is 0.954. The van der Waals surface area contributed by atoms with Crippen molar-refractivity contribution in [2.75, 3.05) is 13.1 Å². The van der Waals surface area contributed by atoms with Crippen LogP contribution < -0.4 is 10.6 Å². The molecule has 1 heterocycles. The first-order valence-electron chi connectivity index (χ1n) is 6.09. The van der Waals surface area contributed by atoms with Crippen molar-refractivity contribution in [3.8, 4) is 0 Å². The predicted octanol–water partition coefficient (Wildman–Crippen LogP) is 0.884. The molecule has 0 aliphatic rings. The van der Waals surface area contributed by atoms with E-state index in [0.717, 1.165) is 0 Å². The van der Waals surface area contributed by atoms with E-state index >= 15 is 0 Å². The predicted molar refractivity (Wildman–Crippen MR) is 73.1 cm³/mol. The van der Waals surface area contributed by atoms with Gasteiger partial charge in [0, 0.05) is 26.1 Å². The molecule has 19 heavy (non-hydrogen) atoms. The minimum absolute atomic E-state index is 0.0372. The molecule has 106 valence electrons. The summed E-state index contributed by atoms with van der Waals surface area (Å²) in [6.07, 6.45) is 0. The Morgan fingerprint density at radius 3 is 2.37 bits per heavy atom. The fourth-order valence-corrected chi connectivity index (χ4v) is 1.80. The van der Waals surface area contributed by atoms with E-state index in [9.17, 15) is 9.59 Å². The summed E-state index contributed by atoms with van der Waals surface area (Å²) in [7, 11) is 1.68. The highest BCUT2D eigenvalue weighted by Crippen LogP contribution is 2.17.